The van der Waals surface area contributed by atoms with E-state index < -0.39 is 11.6 Å². The number of nitrogens with two attached hydrogens (primary N) is 1. The SMILES string of the molecule is CCc1ccccc1Nc1nc(N)nc(CN2C(=O)NC3(CCCc4ccccc43)C2=O)n1. The summed E-state index contributed by atoms with van der Waals surface area (Å²) < 4.78 is 0. The zero-order valence-electron chi connectivity index (χ0n) is 18.3. The molecule has 9 nitrogen and oxygen atoms in total. The van der Waals surface area contributed by atoms with E-state index in [0.717, 1.165) is 41.6 Å². The second-order valence-corrected chi connectivity index (χ2v) is 8.31. The van der Waals surface area contributed by atoms with E-state index in [1.807, 2.05) is 48.5 Å². The van der Waals surface area contributed by atoms with Gasteiger partial charge in [-0.05, 0) is 48.4 Å². The third-order valence-corrected chi connectivity index (χ3v) is 6.29. The van der Waals surface area contributed by atoms with Crippen LogP contribution in [0.15, 0.2) is 48.5 Å². The number of fused-ring (bicyclic) bond motifs is 2. The molecule has 0 saturated carbocycles. The number of urea groups is 1. The van der Waals surface area contributed by atoms with Gasteiger partial charge in [0.15, 0.2) is 5.82 Å². The number of nitrogen functional groups attached to an aromatic ring is 1. The predicted molar refractivity (Wildman–Crippen MR) is 123 cm³/mol. The first-order valence-electron chi connectivity index (χ1n) is 11.1. The van der Waals surface area contributed by atoms with Gasteiger partial charge in [0.2, 0.25) is 11.9 Å². The standard InChI is InChI=1S/C24H25N7O2/c1-2-15-8-4-6-12-18(15)26-22-28-19(27-21(25)29-22)14-31-20(32)24(30-23(31)33)13-7-10-16-9-3-5-11-17(16)24/h3-6,8-9,11-12H,2,7,10,13-14H2,1H3,(H,30,33)(H3,25,26,27,28,29). The Kier molecular flexibility index (Phi) is 5.16. The van der Waals surface area contributed by atoms with Gasteiger partial charge in [0, 0.05) is 5.69 Å². The Labute approximate surface area is 191 Å². The van der Waals surface area contributed by atoms with Gasteiger partial charge in [-0.1, -0.05) is 49.4 Å². The molecule has 1 fully saturated rings. The van der Waals surface area contributed by atoms with Crippen molar-refractivity contribution >= 4 is 29.5 Å². The molecule has 168 valence electrons. The molecule has 3 aromatic rings. The summed E-state index contributed by atoms with van der Waals surface area (Å²) in [5, 5.41) is 6.12. The van der Waals surface area contributed by atoms with Gasteiger partial charge >= 0.3 is 6.03 Å². The van der Waals surface area contributed by atoms with E-state index in [1.54, 1.807) is 0 Å². The highest BCUT2D eigenvalue weighted by Gasteiger charge is 2.54. The average Bonchev–Trinajstić information content (AvgIpc) is 3.04. The van der Waals surface area contributed by atoms with Gasteiger partial charge in [0.05, 0.1) is 6.54 Å². The van der Waals surface area contributed by atoms with Crippen molar-refractivity contribution in [2.45, 2.75) is 44.7 Å². The first-order valence-corrected chi connectivity index (χ1v) is 11.1. The Balaban J connectivity index is 1.42. The van der Waals surface area contributed by atoms with Crippen LogP contribution in [0.5, 0.6) is 0 Å². The molecule has 9 heteroatoms. The molecule has 2 aliphatic rings. The van der Waals surface area contributed by atoms with Gasteiger partial charge in [0.1, 0.15) is 5.54 Å². The van der Waals surface area contributed by atoms with Crippen LogP contribution in [0.1, 0.15) is 42.3 Å². The lowest BCUT2D eigenvalue weighted by Crippen LogP contribution is -2.46. The third-order valence-electron chi connectivity index (χ3n) is 6.29. The van der Waals surface area contributed by atoms with Crippen molar-refractivity contribution in [3.8, 4) is 0 Å². The highest BCUT2D eigenvalue weighted by Crippen LogP contribution is 2.40. The van der Waals surface area contributed by atoms with Crippen molar-refractivity contribution in [2.75, 3.05) is 11.1 Å². The lowest BCUT2D eigenvalue weighted by Gasteiger charge is -2.33. The predicted octanol–water partition coefficient (Wildman–Crippen LogP) is 3.04. The highest BCUT2D eigenvalue weighted by atomic mass is 16.2. The molecule has 33 heavy (non-hydrogen) atoms. The minimum atomic E-state index is -1.04. The molecule has 1 atom stereocenters. The zero-order valence-corrected chi connectivity index (χ0v) is 18.3. The quantitative estimate of drug-likeness (QED) is 0.517. The molecule has 1 aliphatic heterocycles. The number of hydrogen-bond acceptors (Lipinski definition) is 7. The zero-order chi connectivity index (χ0) is 23.0. The van der Waals surface area contributed by atoms with E-state index in [9.17, 15) is 9.59 Å². The van der Waals surface area contributed by atoms with Gasteiger partial charge in [-0.2, -0.15) is 15.0 Å². The van der Waals surface area contributed by atoms with E-state index in [2.05, 4.69) is 32.5 Å². The first kappa shape index (κ1) is 20.9. The summed E-state index contributed by atoms with van der Waals surface area (Å²) in [6, 6.07) is 15.2. The smallest absolute Gasteiger partial charge is 0.325 e. The summed E-state index contributed by atoms with van der Waals surface area (Å²) in [5.41, 5.74) is 8.81. The number of rotatable bonds is 5. The molecular weight excluding hydrogens is 418 g/mol. The lowest BCUT2D eigenvalue weighted by atomic mass is 9.76. The minimum absolute atomic E-state index is 0.0151. The van der Waals surface area contributed by atoms with E-state index >= 15 is 0 Å². The fourth-order valence-electron chi connectivity index (χ4n) is 4.73. The topological polar surface area (TPSA) is 126 Å². The maximum atomic E-state index is 13.5. The fourth-order valence-corrected chi connectivity index (χ4v) is 4.73. The van der Waals surface area contributed by atoms with Crippen LogP contribution in [-0.4, -0.2) is 31.8 Å². The van der Waals surface area contributed by atoms with Crippen LogP contribution in [0.4, 0.5) is 22.4 Å². The molecule has 1 saturated heterocycles. The van der Waals surface area contributed by atoms with E-state index in [4.69, 9.17) is 5.73 Å². The Bertz CT molecular complexity index is 1240. The Morgan fingerprint density at radius 1 is 1.09 bits per heavy atom. The molecule has 5 rings (SSSR count). The fraction of sp³-hybridized carbons (Fsp3) is 0.292. The van der Waals surface area contributed by atoms with E-state index in [1.165, 1.54) is 4.90 Å². The molecule has 1 aromatic heterocycles. The molecular formula is C24H25N7O2. The van der Waals surface area contributed by atoms with E-state index in [-0.39, 0.29) is 30.2 Å². The molecule has 3 amide bonds. The maximum absolute atomic E-state index is 13.5. The monoisotopic (exact) mass is 443 g/mol. The van der Waals surface area contributed by atoms with Crippen molar-refractivity contribution in [3.05, 3.63) is 71.0 Å². The summed E-state index contributed by atoms with van der Waals surface area (Å²) in [4.78, 5) is 40.4. The van der Waals surface area contributed by atoms with Crippen molar-refractivity contribution in [1.82, 2.24) is 25.2 Å². The summed E-state index contributed by atoms with van der Waals surface area (Å²) in [7, 11) is 0. The van der Waals surface area contributed by atoms with Crippen LogP contribution in [0, 0.1) is 0 Å². The normalized spacial score (nSPS) is 19.5. The van der Waals surface area contributed by atoms with Gasteiger partial charge in [-0.15, -0.1) is 0 Å². The number of aryl methyl sites for hydroxylation is 2. The second-order valence-electron chi connectivity index (χ2n) is 8.31. The number of nitrogens with zero attached hydrogens (tertiary/aromatic N) is 4. The van der Waals surface area contributed by atoms with Gasteiger partial charge in [-0.3, -0.25) is 9.69 Å². The number of imide groups is 1. The van der Waals surface area contributed by atoms with Crippen LogP contribution in [-0.2, 0) is 29.7 Å². The number of hydrogen-bond donors (Lipinski definition) is 3. The molecule has 2 heterocycles. The highest BCUT2D eigenvalue weighted by molar-refractivity contribution is 6.07. The molecule has 0 radical (unpaired) electrons. The molecule has 0 bridgehead atoms. The number of amides is 3. The van der Waals surface area contributed by atoms with Gasteiger partial charge < -0.3 is 16.4 Å². The average molecular weight is 444 g/mol. The number of para-hydroxylation sites is 1. The third kappa shape index (κ3) is 3.65. The Morgan fingerprint density at radius 3 is 2.73 bits per heavy atom. The molecule has 1 aliphatic carbocycles. The van der Waals surface area contributed by atoms with Crippen LogP contribution in [0.25, 0.3) is 0 Å². The summed E-state index contributed by atoms with van der Waals surface area (Å²) >= 11 is 0. The number of benzene rings is 2. The summed E-state index contributed by atoms with van der Waals surface area (Å²) in [6.45, 7) is 1.97. The maximum Gasteiger partial charge on any atom is 0.325 e. The van der Waals surface area contributed by atoms with Crippen molar-refractivity contribution in [1.29, 1.82) is 0 Å². The van der Waals surface area contributed by atoms with Gasteiger partial charge in [-0.25, -0.2) is 4.79 Å². The molecule has 2 aromatic carbocycles. The number of anilines is 3. The summed E-state index contributed by atoms with van der Waals surface area (Å²) in [6.07, 6.45) is 3.10. The van der Waals surface area contributed by atoms with Gasteiger partial charge in [0.25, 0.3) is 5.91 Å². The largest absolute Gasteiger partial charge is 0.368 e. The summed E-state index contributed by atoms with van der Waals surface area (Å²) in [5.74, 6) is 0.234. The van der Waals surface area contributed by atoms with E-state index in [0.29, 0.717) is 6.42 Å². The van der Waals surface area contributed by atoms with Crippen molar-refractivity contribution in [2.24, 2.45) is 0 Å². The Hall–Kier alpha value is -4.01. The lowest BCUT2D eigenvalue weighted by molar-refractivity contribution is -0.132. The van der Waals surface area contributed by atoms with Crippen LogP contribution in [0.2, 0.25) is 0 Å². The van der Waals surface area contributed by atoms with Crippen LogP contribution >= 0.6 is 0 Å². The molecule has 4 N–H and O–H groups in total. The second kappa shape index (κ2) is 8.16. The minimum Gasteiger partial charge on any atom is -0.368 e. The molecule has 1 spiro atoms. The Morgan fingerprint density at radius 2 is 1.88 bits per heavy atom. The molecule has 1 unspecified atom stereocenters. The van der Waals surface area contributed by atoms with Crippen LogP contribution < -0.4 is 16.4 Å². The number of nitrogens with one attached hydrogen (secondary N) is 2. The van der Waals surface area contributed by atoms with Crippen molar-refractivity contribution in [3.63, 3.8) is 0 Å². The van der Waals surface area contributed by atoms with Crippen molar-refractivity contribution < 1.29 is 9.59 Å². The number of carbonyl (C=O) groups excluding carboxylic acids is 2. The first-order chi connectivity index (χ1) is 16.0. The number of aromatic nitrogens is 3. The van der Waals surface area contributed by atoms with Crippen LogP contribution in [0.3, 0.4) is 0 Å². The number of carbonyl (C=O) groups is 2.